The summed E-state index contributed by atoms with van der Waals surface area (Å²) in [4.78, 5) is 30.5. The minimum atomic E-state index is -4.47. The Balaban J connectivity index is 1.75. The minimum absolute atomic E-state index is 0.0590. The number of halogens is 3. The van der Waals surface area contributed by atoms with Gasteiger partial charge in [0, 0.05) is 18.7 Å². The van der Waals surface area contributed by atoms with Crippen molar-refractivity contribution < 1.29 is 22.8 Å². The van der Waals surface area contributed by atoms with Crippen LogP contribution in [0.3, 0.4) is 0 Å². The first kappa shape index (κ1) is 20.9. The number of hydrogen-bond acceptors (Lipinski definition) is 4. The molecule has 0 saturated carbocycles. The van der Waals surface area contributed by atoms with Gasteiger partial charge < -0.3 is 5.32 Å². The van der Waals surface area contributed by atoms with Crippen molar-refractivity contribution in [1.82, 2.24) is 4.90 Å². The first-order valence-corrected chi connectivity index (χ1v) is 9.74. The maximum absolute atomic E-state index is 12.9. The number of benzene rings is 2. The highest BCUT2D eigenvalue weighted by Gasteiger charge is 2.38. The van der Waals surface area contributed by atoms with E-state index in [-0.39, 0.29) is 29.1 Å². The van der Waals surface area contributed by atoms with E-state index in [2.05, 4.69) is 10.3 Å². The maximum Gasteiger partial charge on any atom is 0.416 e. The molecule has 1 aliphatic heterocycles. The lowest BCUT2D eigenvalue weighted by atomic mass is 10.2. The molecule has 1 N–H and O–H groups in total. The summed E-state index contributed by atoms with van der Waals surface area (Å²) < 4.78 is 38.7. The van der Waals surface area contributed by atoms with E-state index in [0.29, 0.717) is 12.2 Å². The van der Waals surface area contributed by atoms with Crippen LogP contribution >= 0.6 is 11.8 Å². The van der Waals surface area contributed by atoms with Gasteiger partial charge in [0.05, 0.1) is 11.3 Å². The molecule has 9 heteroatoms. The molecule has 2 aromatic carbocycles. The summed E-state index contributed by atoms with van der Waals surface area (Å²) in [6.45, 7) is 2.05. The monoisotopic (exact) mass is 421 g/mol. The van der Waals surface area contributed by atoms with Crippen molar-refractivity contribution in [3.63, 3.8) is 0 Å². The van der Waals surface area contributed by atoms with Crippen LogP contribution in [-0.4, -0.2) is 33.7 Å². The van der Waals surface area contributed by atoms with Gasteiger partial charge in [-0.1, -0.05) is 36.0 Å². The van der Waals surface area contributed by atoms with Gasteiger partial charge in [-0.2, -0.15) is 13.2 Å². The number of amides is 2. The second-order valence-corrected chi connectivity index (χ2v) is 7.42. The number of anilines is 1. The number of rotatable bonds is 5. The second-order valence-electron chi connectivity index (χ2n) is 6.25. The molecule has 5 nitrogen and oxygen atoms in total. The summed E-state index contributed by atoms with van der Waals surface area (Å²) in [5.74, 6) is -0.607. The number of hydrogen-bond donors (Lipinski definition) is 1. The summed E-state index contributed by atoms with van der Waals surface area (Å²) in [5.41, 5.74) is -0.0865. The molecular weight excluding hydrogens is 403 g/mol. The third kappa shape index (κ3) is 5.17. The predicted molar refractivity (Wildman–Crippen MR) is 107 cm³/mol. The van der Waals surface area contributed by atoms with Gasteiger partial charge >= 0.3 is 6.18 Å². The molecule has 0 aromatic heterocycles. The molecule has 29 heavy (non-hydrogen) atoms. The zero-order valence-electron chi connectivity index (χ0n) is 15.4. The Morgan fingerprint density at radius 3 is 2.55 bits per heavy atom. The number of para-hydroxylation sites is 1. The van der Waals surface area contributed by atoms with E-state index >= 15 is 0 Å². The maximum atomic E-state index is 12.9. The van der Waals surface area contributed by atoms with Crippen LogP contribution in [0.25, 0.3) is 0 Å². The standard InChI is InChI=1S/C20H18F3N3O2S/c1-2-26-18(28)16(12-17(27)24-14-8-4-3-5-9-14)29-19(26)25-15-10-6-7-13(11-15)20(21,22)23/h3-11,16H,2,12H2,1H3,(H,24,27). The zero-order chi connectivity index (χ0) is 21.0. The number of amidine groups is 1. The first-order valence-electron chi connectivity index (χ1n) is 8.87. The molecule has 2 aromatic rings. The molecule has 152 valence electrons. The Labute approximate surface area is 170 Å². The van der Waals surface area contributed by atoms with E-state index in [9.17, 15) is 22.8 Å². The van der Waals surface area contributed by atoms with Gasteiger partial charge in [0.25, 0.3) is 0 Å². The molecule has 0 radical (unpaired) electrons. The average molecular weight is 421 g/mol. The molecule has 1 unspecified atom stereocenters. The van der Waals surface area contributed by atoms with Crippen LogP contribution in [0.1, 0.15) is 18.9 Å². The van der Waals surface area contributed by atoms with E-state index in [4.69, 9.17) is 0 Å². The van der Waals surface area contributed by atoms with Crippen LogP contribution in [0.5, 0.6) is 0 Å². The molecule has 1 atom stereocenters. The average Bonchev–Trinajstić information content (AvgIpc) is 2.96. The van der Waals surface area contributed by atoms with Gasteiger partial charge in [-0.25, -0.2) is 4.99 Å². The highest BCUT2D eigenvalue weighted by Crippen LogP contribution is 2.34. The highest BCUT2D eigenvalue weighted by atomic mass is 32.2. The van der Waals surface area contributed by atoms with E-state index in [1.807, 2.05) is 6.07 Å². The van der Waals surface area contributed by atoms with Crippen LogP contribution in [0, 0.1) is 0 Å². The number of alkyl halides is 3. The Kier molecular flexibility index (Phi) is 6.26. The normalized spacial score (nSPS) is 18.3. The number of nitrogens with one attached hydrogen (secondary N) is 1. The molecule has 3 rings (SSSR count). The number of carbonyl (C=O) groups is 2. The largest absolute Gasteiger partial charge is 0.416 e. The fourth-order valence-corrected chi connectivity index (χ4v) is 4.00. The predicted octanol–water partition coefficient (Wildman–Crippen LogP) is 4.69. The third-order valence-corrected chi connectivity index (χ3v) is 5.34. The Morgan fingerprint density at radius 2 is 1.90 bits per heavy atom. The van der Waals surface area contributed by atoms with Crippen LogP contribution in [0.15, 0.2) is 59.6 Å². The Morgan fingerprint density at radius 1 is 1.17 bits per heavy atom. The molecule has 0 spiro atoms. The molecule has 0 bridgehead atoms. The van der Waals surface area contributed by atoms with Gasteiger partial charge in [0.2, 0.25) is 11.8 Å². The molecule has 1 heterocycles. The number of aliphatic imine (C=N–C) groups is 1. The van der Waals surface area contributed by atoms with Gasteiger partial charge in [-0.05, 0) is 37.3 Å². The lowest BCUT2D eigenvalue weighted by molar-refractivity contribution is -0.137. The number of carbonyl (C=O) groups excluding carboxylic acids is 2. The lowest BCUT2D eigenvalue weighted by Crippen LogP contribution is -2.33. The summed E-state index contributed by atoms with van der Waals surface area (Å²) >= 11 is 1.08. The van der Waals surface area contributed by atoms with Crippen LogP contribution in [-0.2, 0) is 15.8 Å². The smallest absolute Gasteiger partial charge is 0.326 e. The molecule has 0 aliphatic carbocycles. The summed E-state index contributed by atoms with van der Waals surface area (Å²) in [6, 6.07) is 13.5. The lowest BCUT2D eigenvalue weighted by Gasteiger charge is -2.13. The molecule has 1 aliphatic rings. The van der Waals surface area contributed by atoms with Crippen molar-refractivity contribution in [2.75, 3.05) is 11.9 Å². The number of thioether (sulfide) groups is 1. The summed E-state index contributed by atoms with van der Waals surface area (Å²) in [6.07, 6.45) is -4.53. The second kappa shape index (κ2) is 8.69. The van der Waals surface area contributed by atoms with E-state index in [1.165, 1.54) is 17.0 Å². The third-order valence-electron chi connectivity index (χ3n) is 4.16. The van der Waals surface area contributed by atoms with Crippen LogP contribution in [0.2, 0.25) is 0 Å². The molecule has 1 fully saturated rings. The fourth-order valence-electron chi connectivity index (χ4n) is 2.78. The van der Waals surface area contributed by atoms with Crippen LogP contribution in [0.4, 0.5) is 24.5 Å². The molecule has 1 saturated heterocycles. The SMILES string of the molecule is CCN1C(=O)C(CC(=O)Nc2ccccc2)SC1=Nc1cccc(C(F)(F)F)c1. The van der Waals surface area contributed by atoms with Crippen molar-refractivity contribution in [2.24, 2.45) is 4.99 Å². The summed E-state index contributed by atoms with van der Waals surface area (Å²) in [5, 5.41) is 2.33. The van der Waals surface area contributed by atoms with Crippen molar-refractivity contribution >= 4 is 40.1 Å². The van der Waals surface area contributed by atoms with Crippen molar-refractivity contribution in [3.8, 4) is 0 Å². The van der Waals surface area contributed by atoms with Crippen molar-refractivity contribution in [3.05, 3.63) is 60.2 Å². The zero-order valence-corrected chi connectivity index (χ0v) is 16.3. The molecule has 2 amide bonds. The van der Waals surface area contributed by atoms with Gasteiger partial charge in [0.15, 0.2) is 5.17 Å². The van der Waals surface area contributed by atoms with E-state index in [1.54, 1.807) is 31.2 Å². The van der Waals surface area contributed by atoms with E-state index in [0.717, 1.165) is 23.9 Å². The quantitative estimate of drug-likeness (QED) is 0.762. The first-order chi connectivity index (χ1) is 13.8. The van der Waals surface area contributed by atoms with E-state index < -0.39 is 17.0 Å². The van der Waals surface area contributed by atoms with Crippen molar-refractivity contribution in [2.45, 2.75) is 24.8 Å². The van der Waals surface area contributed by atoms with Gasteiger partial charge in [0.1, 0.15) is 5.25 Å². The van der Waals surface area contributed by atoms with Gasteiger partial charge in [-0.15, -0.1) is 0 Å². The topological polar surface area (TPSA) is 61.8 Å². The van der Waals surface area contributed by atoms with Gasteiger partial charge in [-0.3, -0.25) is 14.5 Å². The number of nitrogens with zero attached hydrogens (tertiary/aromatic N) is 2. The minimum Gasteiger partial charge on any atom is -0.326 e. The van der Waals surface area contributed by atoms with Crippen molar-refractivity contribution in [1.29, 1.82) is 0 Å². The highest BCUT2D eigenvalue weighted by molar-refractivity contribution is 8.15. The summed E-state index contributed by atoms with van der Waals surface area (Å²) in [7, 11) is 0. The van der Waals surface area contributed by atoms with Crippen LogP contribution < -0.4 is 5.32 Å². The Bertz CT molecular complexity index is 932. The molecular formula is C20H18F3N3O2S. The fraction of sp³-hybridized carbons (Fsp3) is 0.250. The Hall–Kier alpha value is -2.81.